The molecule has 5 heteroatoms. The molecule has 0 radical (unpaired) electrons. The molecular weight excluding hydrogens is 246 g/mol. The molecular formula is C13H21N3OS. The summed E-state index contributed by atoms with van der Waals surface area (Å²) in [6, 6.07) is 0.513. The molecule has 0 N–H and O–H groups in total. The van der Waals surface area contributed by atoms with E-state index in [1.54, 1.807) is 0 Å². The summed E-state index contributed by atoms with van der Waals surface area (Å²) in [7, 11) is 4.26. The van der Waals surface area contributed by atoms with Gasteiger partial charge in [0.05, 0.1) is 10.6 Å². The lowest BCUT2D eigenvalue weighted by molar-refractivity contribution is 0.112. The minimum absolute atomic E-state index is 0.513. The number of hydrogen-bond acceptors (Lipinski definition) is 5. The number of aldehydes is 1. The van der Waals surface area contributed by atoms with E-state index in [2.05, 4.69) is 28.9 Å². The number of aryl methyl sites for hydroxylation is 1. The predicted octanol–water partition coefficient (Wildman–Crippen LogP) is 2.05. The normalized spacial score (nSPS) is 20.9. The van der Waals surface area contributed by atoms with E-state index in [9.17, 15) is 4.79 Å². The lowest BCUT2D eigenvalue weighted by Crippen LogP contribution is -2.45. The Morgan fingerprint density at radius 1 is 1.61 bits per heavy atom. The van der Waals surface area contributed by atoms with Gasteiger partial charge in [0.1, 0.15) is 0 Å². The van der Waals surface area contributed by atoms with Crippen LogP contribution in [0.1, 0.15) is 35.1 Å². The third kappa shape index (κ3) is 2.72. The van der Waals surface area contributed by atoms with Crippen molar-refractivity contribution in [2.75, 3.05) is 32.1 Å². The molecule has 1 atom stereocenters. The number of likely N-dealkylation sites (tertiary alicyclic amines) is 1. The zero-order chi connectivity index (χ0) is 13.1. The molecule has 2 rings (SSSR count). The number of piperidine rings is 1. The van der Waals surface area contributed by atoms with Crippen LogP contribution in [0.25, 0.3) is 0 Å². The Morgan fingerprint density at radius 3 is 2.94 bits per heavy atom. The Morgan fingerprint density at radius 2 is 2.39 bits per heavy atom. The summed E-state index contributed by atoms with van der Waals surface area (Å²) in [5.41, 5.74) is 0.931. The van der Waals surface area contributed by atoms with Crippen LogP contribution in [-0.2, 0) is 6.42 Å². The summed E-state index contributed by atoms with van der Waals surface area (Å²) < 4.78 is 0. The molecule has 1 aromatic heterocycles. The van der Waals surface area contributed by atoms with Gasteiger partial charge in [0.25, 0.3) is 0 Å². The second kappa shape index (κ2) is 5.80. The molecule has 1 fully saturated rings. The number of anilines is 1. The Kier molecular flexibility index (Phi) is 4.35. The first-order valence-corrected chi connectivity index (χ1v) is 7.33. The standard InChI is InChI=1S/C13H21N3OS/c1-4-11-12(9-17)18-13(14-11)16(3)10-6-5-7-15(2)8-10/h9-10H,4-8H2,1-3H3. The first kappa shape index (κ1) is 13.5. The van der Waals surface area contributed by atoms with E-state index >= 15 is 0 Å². The van der Waals surface area contributed by atoms with E-state index < -0.39 is 0 Å². The van der Waals surface area contributed by atoms with Crippen molar-refractivity contribution in [2.45, 2.75) is 32.2 Å². The van der Waals surface area contributed by atoms with Gasteiger partial charge in [-0.25, -0.2) is 4.98 Å². The molecule has 1 saturated heterocycles. The Balaban J connectivity index is 2.14. The van der Waals surface area contributed by atoms with Gasteiger partial charge in [-0.1, -0.05) is 18.3 Å². The van der Waals surface area contributed by atoms with Gasteiger partial charge in [-0.05, 0) is 32.9 Å². The molecule has 100 valence electrons. The summed E-state index contributed by atoms with van der Waals surface area (Å²) >= 11 is 1.52. The predicted molar refractivity (Wildman–Crippen MR) is 75.8 cm³/mol. The summed E-state index contributed by atoms with van der Waals surface area (Å²) in [5, 5.41) is 0.981. The molecule has 4 nitrogen and oxygen atoms in total. The Bertz CT molecular complexity index is 418. The van der Waals surface area contributed by atoms with Crippen molar-refractivity contribution in [2.24, 2.45) is 0 Å². The fraction of sp³-hybridized carbons (Fsp3) is 0.692. The van der Waals surface area contributed by atoms with Crippen LogP contribution in [0.5, 0.6) is 0 Å². The molecule has 0 bridgehead atoms. The highest BCUT2D eigenvalue weighted by molar-refractivity contribution is 7.17. The second-order valence-electron chi connectivity index (χ2n) is 4.95. The highest BCUT2D eigenvalue weighted by Crippen LogP contribution is 2.28. The van der Waals surface area contributed by atoms with Gasteiger partial charge >= 0.3 is 0 Å². The quantitative estimate of drug-likeness (QED) is 0.782. The SMILES string of the molecule is CCc1nc(N(C)C2CCCN(C)C2)sc1C=O. The van der Waals surface area contributed by atoms with E-state index in [0.717, 1.165) is 35.0 Å². The van der Waals surface area contributed by atoms with E-state index in [0.29, 0.717) is 6.04 Å². The zero-order valence-corrected chi connectivity index (χ0v) is 12.2. The molecule has 0 amide bonds. The van der Waals surface area contributed by atoms with Gasteiger partial charge in [0, 0.05) is 19.6 Å². The monoisotopic (exact) mass is 267 g/mol. The molecule has 0 aliphatic carbocycles. The highest BCUT2D eigenvalue weighted by atomic mass is 32.1. The highest BCUT2D eigenvalue weighted by Gasteiger charge is 2.23. The van der Waals surface area contributed by atoms with Crippen molar-refractivity contribution in [3.05, 3.63) is 10.6 Å². The van der Waals surface area contributed by atoms with Crippen LogP contribution in [-0.4, -0.2) is 49.4 Å². The van der Waals surface area contributed by atoms with Crippen molar-refractivity contribution in [1.82, 2.24) is 9.88 Å². The smallest absolute Gasteiger partial charge is 0.186 e. The van der Waals surface area contributed by atoms with Gasteiger partial charge in [-0.3, -0.25) is 4.79 Å². The second-order valence-corrected chi connectivity index (χ2v) is 5.96. The van der Waals surface area contributed by atoms with Crippen molar-refractivity contribution in [3.63, 3.8) is 0 Å². The number of rotatable bonds is 4. The molecule has 1 aliphatic heterocycles. The molecule has 18 heavy (non-hydrogen) atoms. The molecule has 1 aliphatic rings. The number of hydrogen-bond donors (Lipinski definition) is 0. The lowest BCUT2D eigenvalue weighted by Gasteiger charge is -2.35. The molecule has 0 aromatic carbocycles. The average Bonchev–Trinajstić information content (AvgIpc) is 2.81. The van der Waals surface area contributed by atoms with Crippen LogP contribution in [0.4, 0.5) is 5.13 Å². The molecule has 1 aromatic rings. The maximum Gasteiger partial charge on any atom is 0.186 e. The molecule has 2 heterocycles. The fourth-order valence-corrected chi connectivity index (χ4v) is 3.46. The molecule has 0 saturated carbocycles. The fourth-order valence-electron chi connectivity index (χ4n) is 2.46. The number of carbonyl (C=O) groups excluding carboxylic acids is 1. The van der Waals surface area contributed by atoms with E-state index in [1.807, 2.05) is 6.92 Å². The maximum atomic E-state index is 11.0. The van der Waals surface area contributed by atoms with E-state index in [4.69, 9.17) is 0 Å². The molecule has 0 spiro atoms. The topological polar surface area (TPSA) is 36.4 Å². The third-order valence-electron chi connectivity index (χ3n) is 3.61. The van der Waals surface area contributed by atoms with Gasteiger partial charge in [-0.2, -0.15) is 0 Å². The lowest BCUT2D eigenvalue weighted by atomic mass is 10.1. The van der Waals surface area contributed by atoms with E-state index in [1.165, 1.54) is 30.7 Å². The summed E-state index contributed by atoms with van der Waals surface area (Å²) in [5.74, 6) is 0. The van der Waals surface area contributed by atoms with Crippen LogP contribution in [0, 0.1) is 0 Å². The van der Waals surface area contributed by atoms with Gasteiger partial charge in [0.15, 0.2) is 11.4 Å². The van der Waals surface area contributed by atoms with Crippen LogP contribution in [0.3, 0.4) is 0 Å². The largest absolute Gasteiger partial charge is 0.347 e. The first-order chi connectivity index (χ1) is 8.65. The zero-order valence-electron chi connectivity index (χ0n) is 11.3. The average molecular weight is 267 g/mol. The summed E-state index contributed by atoms with van der Waals surface area (Å²) in [4.78, 5) is 21.0. The van der Waals surface area contributed by atoms with Gasteiger partial charge in [-0.15, -0.1) is 0 Å². The number of thiazole rings is 1. The van der Waals surface area contributed by atoms with E-state index in [-0.39, 0.29) is 0 Å². The number of nitrogens with zero attached hydrogens (tertiary/aromatic N) is 3. The van der Waals surface area contributed by atoms with Crippen molar-refractivity contribution in [1.29, 1.82) is 0 Å². The van der Waals surface area contributed by atoms with Gasteiger partial charge < -0.3 is 9.80 Å². The summed E-state index contributed by atoms with van der Waals surface area (Å²) in [6.45, 7) is 4.30. The minimum atomic E-state index is 0.513. The van der Waals surface area contributed by atoms with Crippen LogP contribution in [0.15, 0.2) is 0 Å². The maximum absolute atomic E-state index is 11.0. The minimum Gasteiger partial charge on any atom is -0.347 e. The number of aromatic nitrogens is 1. The Hall–Kier alpha value is -0.940. The van der Waals surface area contributed by atoms with Crippen molar-refractivity contribution >= 4 is 22.8 Å². The van der Waals surface area contributed by atoms with Crippen LogP contribution in [0.2, 0.25) is 0 Å². The van der Waals surface area contributed by atoms with Crippen LogP contribution >= 0.6 is 11.3 Å². The number of likely N-dealkylation sites (N-methyl/N-ethyl adjacent to an activating group) is 2. The first-order valence-electron chi connectivity index (χ1n) is 6.52. The Labute approximate surface area is 113 Å². The van der Waals surface area contributed by atoms with Crippen molar-refractivity contribution < 1.29 is 4.79 Å². The molecule has 1 unspecified atom stereocenters. The third-order valence-corrected chi connectivity index (χ3v) is 4.72. The number of carbonyl (C=O) groups is 1. The van der Waals surface area contributed by atoms with Crippen LogP contribution < -0.4 is 4.90 Å². The summed E-state index contributed by atoms with van der Waals surface area (Å²) in [6.07, 6.45) is 4.19. The van der Waals surface area contributed by atoms with Gasteiger partial charge in [0.2, 0.25) is 0 Å². The van der Waals surface area contributed by atoms with Crippen molar-refractivity contribution in [3.8, 4) is 0 Å².